The van der Waals surface area contributed by atoms with Crippen LogP contribution < -0.4 is 4.74 Å². The van der Waals surface area contributed by atoms with E-state index in [1.807, 2.05) is 0 Å². The molecule has 1 aromatic carbocycles. The summed E-state index contributed by atoms with van der Waals surface area (Å²) in [6, 6.07) is 4.83. The van der Waals surface area contributed by atoms with E-state index >= 15 is 0 Å². The van der Waals surface area contributed by atoms with E-state index in [1.165, 1.54) is 13.2 Å². The Morgan fingerprint density at radius 2 is 1.89 bits per heavy atom. The van der Waals surface area contributed by atoms with Crippen LogP contribution in [0.3, 0.4) is 0 Å². The lowest BCUT2D eigenvalue weighted by molar-refractivity contribution is -0.137. The van der Waals surface area contributed by atoms with E-state index in [4.69, 9.17) is 9.47 Å². The third-order valence-corrected chi connectivity index (χ3v) is 2.24. The van der Waals surface area contributed by atoms with Crippen molar-refractivity contribution in [2.45, 2.75) is 13.5 Å². The normalized spacial score (nSPS) is 9.94. The number of esters is 1. The van der Waals surface area contributed by atoms with Crippen molar-refractivity contribution in [2.24, 2.45) is 0 Å². The minimum Gasteiger partial charge on any atom is -0.497 e. The first-order valence-corrected chi connectivity index (χ1v) is 5.50. The Morgan fingerprint density at radius 3 is 2.44 bits per heavy atom. The van der Waals surface area contributed by atoms with Crippen molar-refractivity contribution >= 4 is 11.8 Å². The fraction of sp³-hybridized carbons (Fsp3) is 0.385. The second-order valence-electron chi connectivity index (χ2n) is 3.55. The number of hydrogen-bond donors (Lipinski definition) is 0. The largest absolute Gasteiger partial charge is 0.497 e. The molecule has 0 heterocycles. The predicted octanol–water partition coefficient (Wildman–Crippen LogP) is 1.59. The quantitative estimate of drug-likeness (QED) is 0.437. The summed E-state index contributed by atoms with van der Waals surface area (Å²) in [5.41, 5.74) is 0.990. The number of carbonyl (C=O) groups is 2. The average molecular weight is 252 g/mol. The van der Waals surface area contributed by atoms with E-state index < -0.39 is 11.8 Å². The maximum atomic E-state index is 11.8. The molecule has 0 saturated carbocycles. The van der Waals surface area contributed by atoms with Gasteiger partial charge in [-0.2, -0.15) is 0 Å². The summed E-state index contributed by atoms with van der Waals surface area (Å²) >= 11 is 0. The Morgan fingerprint density at radius 1 is 1.17 bits per heavy atom. The highest BCUT2D eigenvalue weighted by molar-refractivity contribution is 6.40. The van der Waals surface area contributed by atoms with Crippen molar-refractivity contribution in [3.8, 4) is 5.75 Å². The molecule has 0 aliphatic heterocycles. The van der Waals surface area contributed by atoms with Crippen molar-refractivity contribution in [3.05, 3.63) is 29.3 Å². The zero-order chi connectivity index (χ0) is 13.5. The van der Waals surface area contributed by atoms with Crippen molar-refractivity contribution in [3.63, 3.8) is 0 Å². The lowest BCUT2D eigenvalue weighted by Crippen LogP contribution is -2.17. The highest BCUT2D eigenvalue weighted by Crippen LogP contribution is 2.18. The SMILES string of the molecule is CCOC(=O)C(=O)c1cc(COC)cc(OC)c1. The van der Waals surface area contributed by atoms with Crippen molar-refractivity contribution in [2.75, 3.05) is 20.8 Å². The van der Waals surface area contributed by atoms with Crippen LogP contribution in [0.15, 0.2) is 18.2 Å². The first kappa shape index (κ1) is 14.2. The van der Waals surface area contributed by atoms with Crippen LogP contribution in [0.4, 0.5) is 0 Å². The molecule has 0 bridgehead atoms. The fourth-order valence-electron chi connectivity index (χ4n) is 1.47. The summed E-state index contributed by atoms with van der Waals surface area (Å²) in [7, 11) is 3.04. The molecule has 5 nitrogen and oxygen atoms in total. The summed E-state index contributed by atoms with van der Waals surface area (Å²) in [6.07, 6.45) is 0. The highest BCUT2D eigenvalue weighted by atomic mass is 16.5. The van der Waals surface area contributed by atoms with Crippen LogP contribution in [0.2, 0.25) is 0 Å². The molecule has 18 heavy (non-hydrogen) atoms. The van der Waals surface area contributed by atoms with E-state index in [1.54, 1.807) is 26.2 Å². The van der Waals surface area contributed by atoms with Crippen LogP contribution in [-0.4, -0.2) is 32.6 Å². The topological polar surface area (TPSA) is 61.8 Å². The van der Waals surface area contributed by atoms with Gasteiger partial charge in [0.1, 0.15) is 5.75 Å². The molecule has 98 valence electrons. The Labute approximate surface area is 106 Å². The molecule has 0 atom stereocenters. The summed E-state index contributed by atoms with van der Waals surface area (Å²) in [6.45, 7) is 2.15. The van der Waals surface area contributed by atoms with Crippen molar-refractivity contribution in [1.29, 1.82) is 0 Å². The number of ether oxygens (including phenoxy) is 3. The minimum absolute atomic E-state index is 0.166. The van der Waals surface area contributed by atoms with Crippen LogP contribution in [0.25, 0.3) is 0 Å². The molecular formula is C13H16O5. The summed E-state index contributed by atoms with van der Waals surface area (Å²) in [5, 5.41) is 0. The Bertz CT molecular complexity index is 439. The van der Waals surface area contributed by atoms with Crippen molar-refractivity contribution < 1.29 is 23.8 Å². The van der Waals surface area contributed by atoms with Gasteiger partial charge in [0.05, 0.1) is 20.3 Å². The van der Waals surface area contributed by atoms with Gasteiger partial charge in [-0.1, -0.05) is 0 Å². The van der Waals surface area contributed by atoms with Gasteiger partial charge in [-0.05, 0) is 30.7 Å². The first-order valence-electron chi connectivity index (χ1n) is 5.50. The zero-order valence-corrected chi connectivity index (χ0v) is 10.7. The molecule has 0 aliphatic rings. The van der Waals surface area contributed by atoms with Gasteiger partial charge in [0.2, 0.25) is 0 Å². The van der Waals surface area contributed by atoms with Gasteiger partial charge in [-0.25, -0.2) is 4.79 Å². The number of hydrogen-bond acceptors (Lipinski definition) is 5. The van der Waals surface area contributed by atoms with Crippen LogP contribution in [0.5, 0.6) is 5.75 Å². The molecule has 5 heteroatoms. The van der Waals surface area contributed by atoms with E-state index in [0.29, 0.717) is 12.4 Å². The van der Waals surface area contributed by atoms with Gasteiger partial charge >= 0.3 is 5.97 Å². The molecule has 0 spiro atoms. The van der Waals surface area contributed by atoms with E-state index in [0.717, 1.165) is 5.56 Å². The molecule has 0 fully saturated rings. The van der Waals surface area contributed by atoms with Gasteiger partial charge in [0.15, 0.2) is 0 Å². The van der Waals surface area contributed by atoms with E-state index in [2.05, 4.69) is 4.74 Å². The zero-order valence-electron chi connectivity index (χ0n) is 10.7. The molecule has 0 N–H and O–H groups in total. The predicted molar refractivity (Wildman–Crippen MR) is 64.7 cm³/mol. The first-order chi connectivity index (χ1) is 8.62. The van der Waals surface area contributed by atoms with Gasteiger partial charge in [0, 0.05) is 12.7 Å². The number of methoxy groups -OCH3 is 2. The van der Waals surface area contributed by atoms with E-state index in [-0.39, 0.29) is 12.2 Å². The third-order valence-electron chi connectivity index (χ3n) is 2.24. The molecular weight excluding hydrogens is 236 g/mol. The van der Waals surface area contributed by atoms with Gasteiger partial charge in [-0.3, -0.25) is 4.79 Å². The lowest BCUT2D eigenvalue weighted by atomic mass is 10.1. The number of carbonyl (C=O) groups excluding carboxylic acids is 2. The molecule has 0 amide bonds. The van der Waals surface area contributed by atoms with Crippen LogP contribution in [-0.2, 0) is 20.9 Å². The van der Waals surface area contributed by atoms with E-state index in [9.17, 15) is 9.59 Å². The van der Waals surface area contributed by atoms with Crippen LogP contribution >= 0.6 is 0 Å². The number of benzene rings is 1. The second kappa shape index (κ2) is 6.76. The monoisotopic (exact) mass is 252 g/mol. The maximum Gasteiger partial charge on any atom is 0.379 e. The molecule has 0 radical (unpaired) electrons. The number of rotatable bonds is 6. The average Bonchev–Trinajstić information content (AvgIpc) is 2.38. The standard InChI is InChI=1S/C13H16O5/c1-4-18-13(15)12(14)10-5-9(8-16-2)6-11(7-10)17-3/h5-7H,4,8H2,1-3H3. The van der Waals surface area contributed by atoms with Crippen molar-refractivity contribution in [1.82, 2.24) is 0 Å². The van der Waals surface area contributed by atoms with Gasteiger partial charge in [0.25, 0.3) is 5.78 Å². The Balaban J connectivity index is 3.03. The van der Waals surface area contributed by atoms with Crippen LogP contribution in [0.1, 0.15) is 22.8 Å². The maximum absolute atomic E-state index is 11.8. The van der Waals surface area contributed by atoms with Gasteiger partial charge in [-0.15, -0.1) is 0 Å². The summed E-state index contributed by atoms with van der Waals surface area (Å²) < 4.78 is 14.7. The smallest absolute Gasteiger partial charge is 0.379 e. The third kappa shape index (κ3) is 3.56. The molecule has 1 rings (SSSR count). The number of Topliss-reactive ketones (excluding diaryl/α,β-unsaturated/α-hetero) is 1. The molecule has 0 saturated heterocycles. The second-order valence-corrected chi connectivity index (χ2v) is 3.55. The van der Waals surface area contributed by atoms with Gasteiger partial charge < -0.3 is 14.2 Å². The molecule has 0 aliphatic carbocycles. The minimum atomic E-state index is -0.867. The summed E-state index contributed by atoms with van der Waals surface area (Å²) in [5.74, 6) is -1.06. The highest BCUT2D eigenvalue weighted by Gasteiger charge is 2.18. The lowest BCUT2D eigenvalue weighted by Gasteiger charge is -2.07. The Hall–Kier alpha value is -1.88. The summed E-state index contributed by atoms with van der Waals surface area (Å²) in [4.78, 5) is 23.2. The Kier molecular flexibility index (Phi) is 5.32. The molecule has 0 unspecified atom stereocenters. The molecule has 0 aromatic heterocycles. The van der Waals surface area contributed by atoms with Crippen LogP contribution in [0, 0.1) is 0 Å². The molecule has 1 aromatic rings. The number of ketones is 1. The fourth-order valence-corrected chi connectivity index (χ4v) is 1.47.